The second kappa shape index (κ2) is 7.94. The third-order valence-electron chi connectivity index (χ3n) is 4.71. The number of amides is 1. The summed E-state index contributed by atoms with van der Waals surface area (Å²) in [5.41, 5.74) is 1.48. The van der Waals surface area contributed by atoms with Crippen molar-refractivity contribution in [3.63, 3.8) is 0 Å². The summed E-state index contributed by atoms with van der Waals surface area (Å²) in [7, 11) is 0. The van der Waals surface area contributed by atoms with Crippen molar-refractivity contribution in [2.45, 2.75) is 6.54 Å². The van der Waals surface area contributed by atoms with Crippen molar-refractivity contribution in [2.24, 2.45) is 0 Å². The fourth-order valence-corrected chi connectivity index (χ4v) is 4.46. The number of nitrogens with zero attached hydrogens (tertiary/aromatic N) is 3. The Kier molecular flexibility index (Phi) is 4.97. The number of aromatic nitrogens is 2. The van der Waals surface area contributed by atoms with E-state index in [1.165, 1.54) is 22.3 Å². The highest BCUT2D eigenvalue weighted by Gasteiger charge is 2.25. The van der Waals surface area contributed by atoms with Gasteiger partial charge in [-0.1, -0.05) is 41.1 Å². The lowest BCUT2D eigenvalue weighted by Crippen LogP contribution is -2.31. The number of para-hydroxylation sites is 1. The standard InChI is InChI=1S/C23H14ClN3O3S/c24-14-8-9-17-21(11-14)31-23(26-17)27(13-15-5-3-4-10-25-15)22(29)20-12-18(28)16-6-1-2-7-19(16)30-20/h1-12H,13H2. The lowest BCUT2D eigenvalue weighted by molar-refractivity contribution is 0.0958. The number of pyridine rings is 1. The van der Waals surface area contributed by atoms with E-state index in [9.17, 15) is 9.59 Å². The molecule has 3 heterocycles. The molecule has 0 aliphatic carbocycles. The van der Waals surface area contributed by atoms with Crippen molar-refractivity contribution in [1.82, 2.24) is 9.97 Å². The van der Waals surface area contributed by atoms with E-state index in [0.29, 0.717) is 26.8 Å². The molecule has 1 amide bonds. The molecular weight excluding hydrogens is 434 g/mol. The molecule has 5 aromatic rings. The molecule has 0 saturated carbocycles. The van der Waals surface area contributed by atoms with Crippen LogP contribution < -0.4 is 10.3 Å². The Hall–Kier alpha value is -3.55. The van der Waals surface area contributed by atoms with Crippen molar-refractivity contribution in [2.75, 3.05) is 4.90 Å². The fraction of sp³-hybridized carbons (Fsp3) is 0.0435. The van der Waals surface area contributed by atoms with Gasteiger partial charge in [-0.15, -0.1) is 0 Å². The van der Waals surface area contributed by atoms with Gasteiger partial charge in [0, 0.05) is 17.3 Å². The molecule has 2 aromatic carbocycles. The third-order valence-corrected chi connectivity index (χ3v) is 5.98. The second-order valence-electron chi connectivity index (χ2n) is 6.79. The summed E-state index contributed by atoms with van der Waals surface area (Å²) >= 11 is 7.44. The van der Waals surface area contributed by atoms with Crippen LogP contribution in [0, 0.1) is 0 Å². The van der Waals surface area contributed by atoms with Crippen LogP contribution in [-0.4, -0.2) is 15.9 Å². The minimum Gasteiger partial charge on any atom is -0.451 e. The molecule has 0 radical (unpaired) electrons. The monoisotopic (exact) mass is 447 g/mol. The van der Waals surface area contributed by atoms with Crippen molar-refractivity contribution >= 4 is 55.2 Å². The van der Waals surface area contributed by atoms with Crippen LogP contribution in [0.25, 0.3) is 21.2 Å². The molecule has 0 fully saturated rings. The van der Waals surface area contributed by atoms with Gasteiger partial charge in [-0.2, -0.15) is 0 Å². The molecule has 0 saturated heterocycles. The summed E-state index contributed by atoms with van der Waals surface area (Å²) in [6.07, 6.45) is 1.66. The number of hydrogen-bond donors (Lipinski definition) is 0. The first kappa shape index (κ1) is 19.4. The first-order chi connectivity index (χ1) is 15.1. The quantitative estimate of drug-likeness (QED) is 0.373. The summed E-state index contributed by atoms with van der Waals surface area (Å²) in [5, 5.41) is 1.47. The van der Waals surface area contributed by atoms with Crippen molar-refractivity contribution in [3.05, 3.63) is 99.6 Å². The molecule has 0 bridgehead atoms. The summed E-state index contributed by atoms with van der Waals surface area (Å²) in [5.74, 6) is -0.532. The van der Waals surface area contributed by atoms with Gasteiger partial charge >= 0.3 is 0 Å². The highest BCUT2D eigenvalue weighted by Crippen LogP contribution is 2.32. The molecule has 152 valence electrons. The van der Waals surface area contributed by atoms with Gasteiger partial charge in [0.05, 0.1) is 27.8 Å². The van der Waals surface area contributed by atoms with E-state index in [1.807, 2.05) is 12.1 Å². The number of rotatable bonds is 4. The highest BCUT2D eigenvalue weighted by atomic mass is 35.5. The van der Waals surface area contributed by atoms with E-state index in [2.05, 4.69) is 9.97 Å². The summed E-state index contributed by atoms with van der Waals surface area (Å²) in [4.78, 5) is 36.4. The predicted molar refractivity (Wildman–Crippen MR) is 122 cm³/mol. The van der Waals surface area contributed by atoms with E-state index in [-0.39, 0.29) is 17.7 Å². The van der Waals surface area contributed by atoms with Crippen LogP contribution >= 0.6 is 22.9 Å². The Morgan fingerprint density at radius 3 is 2.74 bits per heavy atom. The number of carbonyl (C=O) groups excluding carboxylic acids is 1. The van der Waals surface area contributed by atoms with Crippen molar-refractivity contribution in [3.8, 4) is 0 Å². The molecule has 3 aromatic heterocycles. The Bertz CT molecular complexity index is 1480. The van der Waals surface area contributed by atoms with Crippen molar-refractivity contribution < 1.29 is 9.21 Å². The zero-order valence-corrected chi connectivity index (χ0v) is 17.6. The molecule has 0 aliphatic rings. The van der Waals surface area contributed by atoms with Crippen LogP contribution in [0.4, 0.5) is 5.13 Å². The number of anilines is 1. The Labute approximate surface area is 185 Å². The van der Waals surface area contributed by atoms with E-state index in [1.54, 1.807) is 54.7 Å². The van der Waals surface area contributed by atoms with Gasteiger partial charge in [0.25, 0.3) is 5.91 Å². The smallest absolute Gasteiger partial charge is 0.296 e. The van der Waals surface area contributed by atoms with Gasteiger partial charge in [-0.3, -0.25) is 19.5 Å². The van der Waals surface area contributed by atoms with Gasteiger partial charge in [0.2, 0.25) is 0 Å². The third kappa shape index (κ3) is 3.81. The maximum atomic E-state index is 13.5. The molecule has 0 aliphatic heterocycles. The maximum Gasteiger partial charge on any atom is 0.296 e. The minimum absolute atomic E-state index is 0.0584. The lowest BCUT2D eigenvalue weighted by Gasteiger charge is -2.19. The van der Waals surface area contributed by atoms with Crippen LogP contribution in [0.5, 0.6) is 0 Å². The summed E-state index contributed by atoms with van der Waals surface area (Å²) < 4.78 is 6.63. The number of fused-ring (bicyclic) bond motifs is 2. The zero-order chi connectivity index (χ0) is 21.4. The number of thiazole rings is 1. The zero-order valence-electron chi connectivity index (χ0n) is 16.0. The second-order valence-corrected chi connectivity index (χ2v) is 8.24. The average molecular weight is 448 g/mol. The Morgan fingerprint density at radius 1 is 1.06 bits per heavy atom. The van der Waals surface area contributed by atoms with Gasteiger partial charge in [-0.25, -0.2) is 4.98 Å². The first-order valence-electron chi connectivity index (χ1n) is 9.39. The number of hydrogen-bond acceptors (Lipinski definition) is 6. The van der Waals surface area contributed by atoms with Crippen LogP contribution in [0.15, 0.2) is 82.1 Å². The molecule has 6 nitrogen and oxygen atoms in total. The number of benzene rings is 2. The van der Waals surface area contributed by atoms with Crippen LogP contribution in [0.2, 0.25) is 5.02 Å². The molecule has 8 heteroatoms. The maximum absolute atomic E-state index is 13.5. The SMILES string of the molecule is O=C(c1cc(=O)c2ccccc2o1)N(Cc1ccccn1)c1nc2ccc(Cl)cc2s1. The Balaban J connectivity index is 1.62. The minimum atomic E-state index is -0.473. The summed E-state index contributed by atoms with van der Waals surface area (Å²) in [6, 6.07) is 18.9. The van der Waals surface area contributed by atoms with Crippen LogP contribution in [0.1, 0.15) is 16.2 Å². The van der Waals surface area contributed by atoms with E-state index in [0.717, 1.165) is 10.2 Å². The average Bonchev–Trinajstić information content (AvgIpc) is 3.20. The first-order valence-corrected chi connectivity index (χ1v) is 10.6. The van der Waals surface area contributed by atoms with Gasteiger partial charge in [0.1, 0.15) is 5.58 Å². The van der Waals surface area contributed by atoms with Crippen LogP contribution in [-0.2, 0) is 6.54 Å². The molecule has 0 unspecified atom stereocenters. The normalized spacial score (nSPS) is 11.1. The number of carbonyl (C=O) groups is 1. The molecular formula is C23H14ClN3O3S. The summed E-state index contributed by atoms with van der Waals surface area (Å²) in [6.45, 7) is 0.170. The molecule has 0 N–H and O–H groups in total. The van der Waals surface area contributed by atoms with Gasteiger partial charge in [0.15, 0.2) is 16.3 Å². The molecule has 0 spiro atoms. The van der Waals surface area contributed by atoms with E-state index in [4.69, 9.17) is 16.0 Å². The van der Waals surface area contributed by atoms with E-state index >= 15 is 0 Å². The van der Waals surface area contributed by atoms with Crippen LogP contribution in [0.3, 0.4) is 0 Å². The van der Waals surface area contributed by atoms with Gasteiger partial charge < -0.3 is 4.42 Å². The number of halogens is 1. The van der Waals surface area contributed by atoms with Gasteiger partial charge in [-0.05, 0) is 42.5 Å². The van der Waals surface area contributed by atoms with E-state index < -0.39 is 5.91 Å². The largest absolute Gasteiger partial charge is 0.451 e. The molecule has 31 heavy (non-hydrogen) atoms. The fourth-order valence-electron chi connectivity index (χ4n) is 3.22. The van der Waals surface area contributed by atoms with Crippen molar-refractivity contribution in [1.29, 1.82) is 0 Å². The molecule has 0 atom stereocenters. The Morgan fingerprint density at radius 2 is 1.90 bits per heavy atom. The predicted octanol–water partition coefficient (Wildman–Crippen LogP) is 5.30. The molecule has 5 rings (SSSR count). The highest BCUT2D eigenvalue weighted by molar-refractivity contribution is 7.22. The topological polar surface area (TPSA) is 76.3 Å². The lowest BCUT2D eigenvalue weighted by atomic mass is 10.2.